The van der Waals surface area contributed by atoms with Crippen molar-refractivity contribution in [2.45, 2.75) is 6.92 Å². The topological polar surface area (TPSA) is 54.4 Å². The molecule has 4 nitrogen and oxygen atoms in total. The van der Waals surface area contributed by atoms with Crippen LogP contribution in [-0.4, -0.2) is 16.6 Å². The van der Waals surface area contributed by atoms with Gasteiger partial charge in [0.1, 0.15) is 5.69 Å². The van der Waals surface area contributed by atoms with Crippen molar-refractivity contribution in [2.75, 3.05) is 0 Å². The van der Waals surface area contributed by atoms with Gasteiger partial charge >= 0.3 is 0 Å². The third-order valence-electron chi connectivity index (χ3n) is 3.42. The lowest BCUT2D eigenvalue weighted by Gasteiger charge is -2.04. The summed E-state index contributed by atoms with van der Waals surface area (Å²) in [7, 11) is 0. The molecule has 114 valence electrons. The van der Waals surface area contributed by atoms with Crippen LogP contribution >= 0.6 is 11.6 Å². The van der Waals surface area contributed by atoms with Crippen LogP contribution in [0.25, 0.3) is 10.9 Å². The van der Waals surface area contributed by atoms with Gasteiger partial charge in [-0.25, -0.2) is 10.4 Å². The first kappa shape index (κ1) is 15.2. The Morgan fingerprint density at radius 1 is 1.04 bits per heavy atom. The molecule has 0 aliphatic carbocycles. The summed E-state index contributed by atoms with van der Waals surface area (Å²) in [5.74, 6) is -0.343. The van der Waals surface area contributed by atoms with E-state index in [-0.39, 0.29) is 5.91 Å². The number of nitrogens with zero attached hydrogens (tertiary/aromatic N) is 2. The summed E-state index contributed by atoms with van der Waals surface area (Å²) in [6.45, 7) is 1.82. The van der Waals surface area contributed by atoms with E-state index < -0.39 is 0 Å². The van der Waals surface area contributed by atoms with Crippen LogP contribution < -0.4 is 5.43 Å². The van der Waals surface area contributed by atoms with E-state index in [2.05, 4.69) is 15.5 Å². The zero-order valence-electron chi connectivity index (χ0n) is 12.5. The number of aromatic nitrogens is 1. The van der Waals surface area contributed by atoms with Crippen molar-refractivity contribution in [3.63, 3.8) is 0 Å². The highest BCUT2D eigenvalue weighted by molar-refractivity contribution is 6.30. The molecule has 1 heterocycles. The first-order chi connectivity index (χ1) is 11.1. The van der Waals surface area contributed by atoms with Crippen molar-refractivity contribution < 1.29 is 4.79 Å². The van der Waals surface area contributed by atoms with Crippen LogP contribution in [0.5, 0.6) is 0 Å². The van der Waals surface area contributed by atoms with E-state index in [0.29, 0.717) is 16.4 Å². The Balaban J connectivity index is 1.77. The fourth-order valence-corrected chi connectivity index (χ4v) is 2.27. The molecule has 0 bridgehead atoms. The number of benzene rings is 2. The lowest BCUT2D eigenvalue weighted by atomic mass is 10.1. The van der Waals surface area contributed by atoms with E-state index in [0.717, 1.165) is 16.5 Å². The van der Waals surface area contributed by atoms with E-state index in [9.17, 15) is 4.79 Å². The number of hydrogen-bond acceptors (Lipinski definition) is 3. The lowest BCUT2D eigenvalue weighted by Crippen LogP contribution is -2.20. The normalized spacial score (nSPS) is 11.5. The Bertz CT molecular complexity index is 888. The minimum atomic E-state index is -0.343. The van der Waals surface area contributed by atoms with Crippen molar-refractivity contribution >= 4 is 34.1 Å². The lowest BCUT2D eigenvalue weighted by molar-refractivity contribution is 0.0950. The number of fused-ring (bicyclic) bond motifs is 1. The van der Waals surface area contributed by atoms with E-state index in [4.69, 9.17) is 11.6 Å². The Labute approximate surface area is 138 Å². The van der Waals surface area contributed by atoms with E-state index in [1.165, 1.54) is 0 Å². The number of rotatable bonds is 3. The maximum absolute atomic E-state index is 12.2. The first-order valence-electron chi connectivity index (χ1n) is 7.10. The SMILES string of the molecule is C/C(=N\NC(=O)c1ccc2ccccc2n1)c1ccc(Cl)cc1. The minimum Gasteiger partial charge on any atom is -0.266 e. The molecule has 0 saturated carbocycles. The van der Waals surface area contributed by atoms with Crippen molar-refractivity contribution in [3.8, 4) is 0 Å². The van der Waals surface area contributed by atoms with Crippen molar-refractivity contribution in [1.82, 2.24) is 10.4 Å². The molecule has 0 radical (unpaired) electrons. The quantitative estimate of drug-likeness (QED) is 0.584. The number of hydrazone groups is 1. The number of nitrogens with one attached hydrogen (secondary N) is 1. The average molecular weight is 324 g/mol. The van der Waals surface area contributed by atoms with Crippen molar-refractivity contribution in [2.24, 2.45) is 5.10 Å². The van der Waals surface area contributed by atoms with Crippen LogP contribution in [0.1, 0.15) is 23.0 Å². The van der Waals surface area contributed by atoms with Gasteiger partial charge < -0.3 is 0 Å². The molecule has 1 N–H and O–H groups in total. The molecule has 0 unspecified atom stereocenters. The highest BCUT2D eigenvalue weighted by atomic mass is 35.5. The Morgan fingerprint density at radius 3 is 2.57 bits per heavy atom. The zero-order chi connectivity index (χ0) is 16.2. The second kappa shape index (κ2) is 6.58. The van der Waals surface area contributed by atoms with Gasteiger partial charge in [-0.1, -0.05) is 48.0 Å². The molecule has 2 aromatic carbocycles. The first-order valence-corrected chi connectivity index (χ1v) is 7.47. The van der Waals surface area contributed by atoms with Crippen LogP contribution in [-0.2, 0) is 0 Å². The van der Waals surface area contributed by atoms with Crippen LogP contribution in [0, 0.1) is 0 Å². The highest BCUT2D eigenvalue weighted by Gasteiger charge is 2.07. The fourth-order valence-electron chi connectivity index (χ4n) is 2.14. The van der Waals surface area contributed by atoms with E-state index in [1.807, 2.05) is 49.4 Å². The summed E-state index contributed by atoms with van der Waals surface area (Å²) >= 11 is 5.85. The second-order valence-corrected chi connectivity index (χ2v) is 5.47. The van der Waals surface area contributed by atoms with Gasteiger partial charge in [0, 0.05) is 10.4 Å². The predicted molar refractivity (Wildman–Crippen MR) is 92.9 cm³/mol. The molecule has 0 fully saturated rings. The van der Waals surface area contributed by atoms with Gasteiger partial charge in [-0.05, 0) is 36.8 Å². The number of carbonyl (C=O) groups is 1. The molecule has 0 atom stereocenters. The van der Waals surface area contributed by atoms with Gasteiger partial charge in [0.05, 0.1) is 11.2 Å². The molecule has 0 aliphatic heterocycles. The van der Waals surface area contributed by atoms with Crippen LogP contribution in [0.15, 0.2) is 65.8 Å². The molecule has 1 amide bonds. The second-order valence-electron chi connectivity index (χ2n) is 5.03. The minimum absolute atomic E-state index is 0.330. The Kier molecular flexibility index (Phi) is 4.35. The molecule has 1 aromatic heterocycles. The predicted octanol–water partition coefficient (Wildman–Crippen LogP) is 4.04. The molecular weight excluding hydrogens is 310 g/mol. The summed E-state index contributed by atoms with van der Waals surface area (Å²) in [4.78, 5) is 16.5. The van der Waals surface area contributed by atoms with E-state index >= 15 is 0 Å². The maximum Gasteiger partial charge on any atom is 0.289 e. The summed E-state index contributed by atoms with van der Waals surface area (Å²) in [6.07, 6.45) is 0. The van der Waals surface area contributed by atoms with Gasteiger partial charge in [0.25, 0.3) is 5.91 Å². The number of para-hydroxylation sites is 1. The van der Waals surface area contributed by atoms with Crippen LogP contribution in [0.4, 0.5) is 0 Å². The maximum atomic E-state index is 12.2. The molecular formula is C18H14ClN3O. The molecule has 0 spiro atoms. The standard InChI is InChI=1S/C18H14ClN3O/c1-12(13-6-9-15(19)10-7-13)21-22-18(23)17-11-8-14-4-2-3-5-16(14)20-17/h2-11H,1H3,(H,22,23)/b21-12+. The number of halogens is 1. The van der Waals surface area contributed by atoms with Gasteiger partial charge in [-0.15, -0.1) is 0 Å². The van der Waals surface area contributed by atoms with Gasteiger partial charge in [-0.2, -0.15) is 5.10 Å². The van der Waals surface area contributed by atoms with Crippen LogP contribution in [0.2, 0.25) is 5.02 Å². The van der Waals surface area contributed by atoms with E-state index in [1.54, 1.807) is 18.2 Å². The van der Waals surface area contributed by atoms with Crippen molar-refractivity contribution in [1.29, 1.82) is 0 Å². The fraction of sp³-hybridized carbons (Fsp3) is 0.0556. The molecule has 23 heavy (non-hydrogen) atoms. The largest absolute Gasteiger partial charge is 0.289 e. The number of amides is 1. The Morgan fingerprint density at radius 2 is 1.78 bits per heavy atom. The van der Waals surface area contributed by atoms with Gasteiger partial charge in [-0.3, -0.25) is 4.79 Å². The van der Waals surface area contributed by atoms with Crippen LogP contribution in [0.3, 0.4) is 0 Å². The van der Waals surface area contributed by atoms with Gasteiger partial charge in [0.2, 0.25) is 0 Å². The third kappa shape index (κ3) is 3.55. The highest BCUT2D eigenvalue weighted by Crippen LogP contribution is 2.12. The molecule has 3 aromatic rings. The van der Waals surface area contributed by atoms with Crippen molar-refractivity contribution in [3.05, 3.63) is 76.9 Å². The molecule has 0 saturated heterocycles. The number of hydrogen-bond donors (Lipinski definition) is 1. The summed E-state index contributed by atoms with van der Waals surface area (Å²) in [5.41, 5.74) is 5.22. The smallest absolute Gasteiger partial charge is 0.266 e. The zero-order valence-corrected chi connectivity index (χ0v) is 13.2. The third-order valence-corrected chi connectivity index (χ3v) is 3.67. The summed E-state index contributed by atoms with van der Waals surface area (Å²) in [5, 5.41) is 5.76. The summed E-state index contributed by atoms with van der Waals surface area (Å²) < 4.78 is 0. The molecule has 0 aliphatic rings. The summed E-state index contributed by atoms with van der Waals surface area (Å²) in [6, 6.07) is 18.5. The number of pyridine rings is 1. The average Bonchev–Trinajstić information content (AvgIpc) is 2.59. The number of carbonyl (C=O) groups excluding carboxylic acids is 1. The van der Waals surface area contributed by atoms with Gasteiger partial charge in [0.15, 0.2) is 0 Å². The molecule has 5 heteroatoms. The monoisotopic (exact) mass is 323 g/mol. The Hall–Kier alpha value is -2.72. The molecule has 3 rings (SSSR count).